The minimum Gasteiger partial charge on any atom is -0.353 e. The van der Waals surface area contributed by atoms with Gasteiger partial charge in [0.1, 0.15) is 5.69 Å². The average Bonchev–Trinajstić information content (AvgIpc) is 3.52. The van der Waals surface area contributed by atoms with E-state index in [1.165, 1.54) is 0 Å². The van der Waals surface area contributed by atoms with Gasteiger partial charge in [-0.25, -0.2) is 0 Å². The van der Waals surface area contributed by atoms with Crippen molar-refractivity contribution in [3.63, 3.8) is 0 Å². The summed E-state index contributed by atoms with van der Waals surface area (Å²) in [6, 6.07) is 13.8. The smallest absolute Gasteiger partial charge is 0.272 e. The van der Waals surface area contributed by atoms with Crippen LogP contribution < -0.4 is 10.6 Å². The van der Waals surface area contributed by atoms with Gasteiger partial charge >= 0.3 is 0 Å². The first-order chi connectivity index (χ1) is 19.8. The third-order valence-corrected chi connectivity index (χ3v) is 8.26. The predicted molar refractivity (Wildman–Crippen MR) is 159 cm³/mol. The molecule has 2 N–H and O–H groups in total. The Morgan fingerprint density at radius 1 is 1.05 bits per heavy atom. The highest BCUT2D eigenvalue weighted by molar-refractivity contribution is 5.95. The topological polar surface area (TPSA) is 101 Å². The molecule has 1 aromatic carbocycles. The Morgan fingerprint density at radius 2 is 1.83 bits per heavy atom. The Balaban J connectivity index is 1.33. The van der Waals surface area contributed by atoms with Crippen LogP contribution in [0.1, 0.15) is 78.2 Å². The molecule has 3 aromatic rings. The number of carbonyl (C=O) groups is 3. The fourth-order valence-corrected chi connectivity index (χ4v) is 5.95. The summed E-state index contributed by atoms with van der Waals surface area (Å²) in [4.78, 5) is 41.7. The molecule has 9 heteroatoms. The standard InChI is InChI=1S/C32H42N6O3/c1-22(2)16-20-38-27-13-12-24-21-25(27)30(35-38)31(40)33-17-8-19-37(18-7-11-29(39)34-24)32(41)28-15-14-26(36(28)3)23-9-5-4-6-10-23/h4-6,9-10,14-15,22,24H,7-8,11-13,16-21H2,1-3H3,(H,33,40)(H,34,39). The lowest BCUT2D eigenvalue weighted by Gasteiger charge is -2.25. The molecule has 218 valence electrons. The fourth-order valence-electron chi connectivity index (χ4n) is 5.95. The van der Waals surface area contributed by atoms with Gasteiger partial charge in [-0.05, 0) is 62.1 Å². The third-order valence-electron chi connectivity index (χ3n) is 8.26. The number of hydrogen-bond acceptors (Lipinski definition) is 4. The van der Waals surface area contributed by atoms with Gasteiger partial charge in [0.15, 0.2) is 5.69 Å². The van der Waals surface area contributed by atoms with E-state index in [1.807, 2.05) is 63.7 Å². The summed E-state index contributed by atoms with van der Waals surface area (Å²) in [5.41, 5.74) is 5.19. The van der Waals surface area contributed by atoms with Gasteiger partial charge in [-0.15, -0.1) is 0 Å². The van der Waals surface area contributed by atoms with E-state index < -0.39 is 0 Å². The van der Waals surface area contributed by atoms with Gasteiger partial charge in [-0.3, -0.25) is 19.1 Å². The maximum atomic E-state index is 13.7. The minimum absolute atomic E-state index is 0.0100. The highest BCUT2D eigenvalue weighted by atomic mass is 16.2. The molecule has 0 saturated carbocycles. The van der Waals surface area contributed by atoms with E-state index in [9.17, 15) is 14.4 Å². The summed E-state index contributed by atoms with van der Waals surface area (Å²) in [6.45, 7) is 6.56. The molecule has 2 aliphatic rings. The van der Waals surface area contributed by atoms with Crippen LogP contribution in [0.5, 0.6) is 0 Å². The van der Waals surface area contributed by atoms with Crippen molar-refractivity contribution >= 4 is 17.7 Å². The summed E-state index contributed by atoms with van der Waals surface area (Å²) < 4.78 is 3.94. The number of carbonyl (C=O) groups excluding carboxylic acids is 3. The van der Waals surface area contributed by atoms with Crippen LogP contribution in [0.4, 0.5) is 0 Å². The number of fused-ring (bicyclic) bond motifs is 1. The van der Waals surface area contributed by atoms with Crippen molar-refractivity contribution in [1.29, 1.82) is 0 Å². The molecule has 0 radical (unpaired) electrons. The maximum Gasteiger partial charge on any atom is 0.272 e. The molecule has 2 aromatic heterocycles. The van der Waals surface area contributed by atoms with Crippen LogP contribution in [0.2, 0.25) is 0 Å². The monoisotopic (exact) mass is 558 g/mol. The van der Waals surface area contributed by atoms with Gasteiger partial charge in [0.05, 0.1) is 0 Å². The summed E-state index contributed by atoms with van der Waals surface area (Å²) in [5.74, 6) is 0.278. The van der Waals surface area contributed by atoms with Gasteiger partial charge in [-0.1, -0.05) is 44.2 Å². The van der Waals surface area contributed by atoms with Crippen molar-refractivity contribution in [1.82, 2.24) is 29.9 Å². The third kappa shape index (κ3) is 6.55. The summed E-state index contributed by atoms with van der Waals surface area (Å²) in [7, 11) is 1.91. The van der Waals surface area contributed by atoms with Crippen LogP contribution in [-0.4, -0.2) is 62.6 Å². The Hall–Kier alpha value is -3.88. The molecule has 1 atom stereocenters. The van der Waals surface area contributed by atoms with Crippen molar-refractivity contribution in [2.24, 2.45) is 13.0 Å². The highest BCUT2D eigenvalue weighted by Gasteiger charge is 2.30. The number of hydrogen-bond donors (Lipinski definition) is 2. The number of amides is 3. The van der Waals surface area contributed by atoms with Crippen LogP contribution in [0.25, 0.3) is 11.3 Å². The second-order valence-electron chi connectivity index (χ2n) is 11.7. The molecule has 1 aliphatic carbocycles. The van der Waals surface area contributed by atoms with Gasteiger partial charge < -0.3 is 20.1 Å². The van der Waals surface area contributed by atoms with E-state index in [2.05, 4.69) is 24.5 Å². The first kappa shape index (κ1) is 28.6. The van der Waals surface area contributed by atoms with Crippen molar-refractivity contribution in [2.45, 2.75) is 71.4 Å². The molecule has 3 amide bonds. The van der Waals surface area contributed by atoms with Crippen molar-refractivity contribution in [3.8, 4) is 11.3 Å². The largest absolute Gasteiger partial charge is 0.353 e. The number of nitrogens with one attached hydrogen (secondary N) is 2. The second-order valence-corrected chi connectivity index (χ2v) is 11.7. The predicted octanol–water partition coefficient (Wildman–Crippen LogP) is 3.96. The lowest BCUT2D eigenvalue weighted by atomic mass is 9.91. The Morgan fingerprint density at radius 3 is 2.61 bits per heavy atom. The van der Waals surface area contributed by atoms with Gasteiger partial charge in [0.25, 0.3) is 11.8 Å². The lowest BCUT2D eigenvalue weighted by Crippen LogP contribution is -2.40. The lowest BCUT2D eigenvalue weighted by molar-refractivity contribution is -0.122. The van der Waals surface area contributed by atoms with E-state index in [-0.39, 0.29) is 23.8 Å². The van der Waals surface area contributed by atoms with Crippen molar-refractivity contribution in [2.75, 3.05) is 19.6 Å². The summed E-state index contributed by atoms with van der Waals surface area (Å²) in [5, 5.41) is 11.0. The molecule has 2 bridgehead atoms. The van der Waals surface area contributed by atoms with Gasteiger partial charge in [-0.2, -0.15) is 5.10 Å². The molecule has 41 heavy (non-hydrogen) atoms. The SMILES string of the molecule is CC(C)CCn1nc2c3c1CCC(C3)NC(=O)CCCN(C(=O)c1ccc(-c3ccccc3)n1C)CCCNC2=O. The number of benzene rings is 1. The first-order valence-electron chi connectivity index (χ1n) is 15.0. The Labute approximate surface area is 242 Å². The highest BCUT2D eigenvalue weighted by Crippen LogP contribution is 2.26. The molecule has 3 heterocycles. The molecule has 0 fully saturated rings. The molecular weight excluding hydrogens is 516 g/mol. The summed E-state index contributed by atoms with van der Waals surface area (Å²) >= 11 is 0. The molecule has 1 aliphatic heterocycles. The van der Waals surface area contributed by atoms with E-state index in [0.717, 1.165) is 48.3 Å². The zero-order chi connectivity index (χ0) is 28.9. The van der Waals surface area contributed by atoms with Gasteiger partial charge in [0.2, 0.25) is 5.91 Å². The number of nitrogens with zero attached hydrogens (tertiary/aromatic N) is 4. The fraction of sp³-hybridized carbons (Fsp3) is 0.500. The molecule has 5 rings (SSSR count). The zero-order valence-corrected chi connectivity index (χ0v) is 24.5. The maximum absolute atomic E-state index is 13.7. The van der Waals surface area contributed by atoms with Crippen molar-refractivity contribution < 1.29 is 14.4 Å². The van der Waals surface area contributed by atoms with Crippen LogP contribution in [-0.2, 0) is 31.2 Å². The quantitative estimate of drug-likeness (QED) is 0.495. The average molecular weight is 559 g/mol. The van der Waals surface area contributed by atoms with Crippen LogP contribution in [0.15, 0.2) is 42.5 Å². The van der Waals surface area contributed by atoms with Crippen LogP contribution >= 0.6 is 0 Å². The number of aromatic nitrogens is 3. The normalized spacial score (nSPS) is 18.4. The Kier molecular flexibility index (Phi) is 8.90. The van der Waals surface area contributed by atoms with Gasteiger partial charge in [0, 0.05) is 62.6 Å². The van der Waals surface area contributed by atoms with Crippen molar-refractivity contribution in [3.05, 3.63) is 65.1 Å². The van der Waals surface area contributed by atoms with Crippen LogP contribution in [0, 0.1) is 5.92 Å². The van der Waals surface area contributed by atoms with E-state index in [1.54, 1.807) is 0 Å². The van der Waals surface area contributed by atoms with E-state index in [4.69, 9.17) is 5.10 Å². The number of aryl methyl sites for hydroxylation is 1. The zero-order valence-electron chi connectivity index (χ0n) is 24.5. The number of rotatable bonds is 5. The van der Waals surface area contributed by atoms with E-state index >= 15 is 0 Å². The molecule has 0 saturated heterocycles. The molecule has 1 unspecified atom stereocenters. The second kappa shape index (κ2) is 12.7. The minimum atomic E-state index is -0.181. The Bertz CT molecular complexity index is 1390. The first-order valence-corrected chi connectivity index (χ1v) is 15.0. The molecular formula is C32H42N6O3. The van der Waals surface area contributed by atoms with Crippen LogP contribution in [0.3, 0.4) is 0 Å². The molecule has 9 nitrogen and oxygen atoms in total. The summed E-state index contributed by atoms with van der Waals surface area (Å²) in [6.07, 6.45) is 4.78. The molecule has 0 spiro atoms. The van der Waals surface area contributed by atoms with E-state index in [0.29, 0.717) is 62.6 Å².